The maximum Gasteiger partial charge on any atom is 0.172 e. The summed E-state index contributed by atoms with van der Waals surface area (Å²) in [5.41, 5.74) is 2.77. The van der Waals surface area contributed by atoms with Crippen LogP contribution in [0, 0.1) is 17.1 Å². The molecule has 0 radical (unpaired) electrons. The van der Waals surface area contributed by atoms with E-state index in [1.165, 1.54) is 17.0 Å². The van der Waals surface area contributed by atoms with Gasteiger partial charge in [0, 0.05) is 5.69 Å². The van der Waals surface area contributed by atoms with Crippen molar-refractivity contribution >= 4 is 22.3 Å². The molecule has 6 nitrogen and oxygen atoms in total. The second kappa shape index (κ2) is 7.94. The van der Waals surface area contributed by atoms with E-state index in [1.54, 1.807) is 12.1 Å². The number of nitrogens with zero attached hydrogens (tertiary/aromatic N) is 3. The topological polar surface area (TPSA) is 80.4 Å². The molecule has 3 aromatic rings. The Kier molecular flexibility index (Phi) is 5.19. The van der Waals surface area contributed by atoms with Crippen LogP contribution in [0.3, 0.4) is 0 Å². The van der Waals surface area contributed by atoms with Crippen LogP contribution < -0.4 is 9.80 Å². The normalized spacial score (nSPS) is 17.1. The van der Waals surface area contributed by atoms with Crippen LogP contribution in [0.5, 0.6) is 0 Å². The number of H-pyrrole nitrogens is 1. The van der Waals surface area contributed by atoms with Gasteiger partial charge in [-0.2, -0.15) is 5.26 Å². The number of hydrogen-bond acceptors (Lipinski definition) is 4. The average Bonchev–Trinajstić information content (AvgIpc) is 3.18. The first kappa shape index (κ1) is 19.0. The van der Waals surface area contributed by atoms with Gasteiger partial charge in [-0.3, -0.25) is 0 Å². The fraction of sp³-hybridized carbons (Fsp3) is 0.273. The molecule has 1 fully saturated rings. The van der Waals surface area contributed by atoms with E-state index in [9.17, 15) is 14.8 Å². The number of imidazole rings is 1. The van der Waals surface area contributed by atoms with Crippen LogP contribution in [0.2, 0.25) is 0 Å². The maximum atomic E-state index is 13.1. The molecule has 7 heteroatoms. The van der Waals surface area contributed by atoms with Gasteiger partial charge in [-0.1, -0.05) is 12.1 Å². The summed E-state index contributed by atoms with van der Waals surface area (Å²) in [4.78, 5) is 11.0. The number of rotatable bonds is 4. The minimum absolute atomic E-state index is 0.0526. The summed E-state index contributed by atoms with van der Waals surface area (Å²) in [6.07, 6.45) is 0. The molecule has 1 aromatic heterocycles. The van der Waals surface area contributed by atoms with Crippen molar-refractivity contribution in [3.05, 3.63) is 65.9 Å². The molecule has 4 rings (SSSR count). The standard InChI is InChI=1S/C22H22FN5O/c1-15(27-10-12-28(13-11-27)17-8-6-16(23)7-9-17)21(29)18(14-24)22-25-19-4-2-3-5-20(19)26-22/h2-9,15,29H,10-13H2,1H3,(H,25,26)/p+1/b21-18-/t15-/m1/s1. The first-order chi connectivity index (χ1) is 14.1. The van der Waals surface area contributed by atoms with Crippen LogP contribution in [0.25, 0.3) is 16.6 Å². The van der Waals surface area contributed by atoms with Gasteiger partial charge in [-0.25, -0.2) is 9.37 Å². The van der Waals surface area contributed by atoms with E-state index in [-0.39, 0.29) is 23.2 Å². The molecule has 0 unspecified atom stereocenters. The summed E-state index contributed by atoms with van der Waals surface area (Å²) >= 11 is 0. The Labute approximate surface area is 168 Å². The first-order valence-corrected chi connectivity index (χ1v) is 9.70. The second-order valence-corrected chi connectivity index (χ2v) is 7.32. The summed E-state index contributed by atoms with van der Waals surface area (Å²) in [5.74, 6) is 0.204. The van der Waals surface area contributed by atoms with Gasteiger partial charge >= 0.3 is 0 Å². The minimum atomic E-state index is -0.240. The highest BCUT2D eigenvalue weighted by molar-refractivity contribution is 5.82. The number of quaternary nitrogens is 1. The quantitative estimate of drug-likeness (QED) is 0.470. The Morgan fingerprint density at radius 2 is 1.90 bits per heavy atom. The highest BCUT2D eigenvalue weighted by Gasteiger charge is 2.29. The molecular weight excluding hydrogens is 369 g/mol. The summed E-state index contributed by atoms with van der Waals surface area (Å²) in [7, 11) is 0. The smallest absolute Gasteiger partial charge is 0.172 e. The van der Waals surface area contributed by atoms with E-state index in [2.05, 4.69) is 20.9 Å². The van der Waals surface area contributed by atoms with Gasteiger partial charge in [0.1, 0.15) is 23.5 Å². The molecule has 29 heavy (non-hydrogen) atoms. The zero-order chi connectivity index (χ0) is 20.4. The number of hydrogen-bond donors (Lipinski definition) is 3. The predicted octanol–water partition coefficient (Wildman–Crippen LogP) is 2.29. The van der Waals surface area contributed by atoms with Gasteiger partial charge in [0.2, 0.25) is 0 Å². The van der Waals surface area contributed by atoms with Crippen molar-refractivity contribution in [1.29, 1.82) is 5.26 Å². The van der Waals surface area contributed by atoms with Crippen molar-refractivity contribution in [3.8, 4) is 6.07 Å². The van der Waals surface area contributed by atoms with E-state index >= 15 is 0 Å². The zero-order valence-electron chi connectivity index (χ0n) is 16.2. The van der Waals surface area contributed by atoms with Crippen molar-refractivity contribution in [2.75, 3.05) is 31.1 Å². The van der Waals surface area contributed by atoms with Crippen LogP contribution in [-0.2, 0) is 0 Å². The van der Waals surface area contributed by atoms with Gasteiger partial charge < -0.3 is 19.9 Å². The number of halogens is 1. The maximum absolute atomic E-state index is 13.1. The fourth-order valence-electron chi connectivity index (χ4n) is 3.85. The average molecular weight is 392 g/mol. The lowest BCUT2D eigenvalue weighted by molar-refractivity contribution is -0.919. The molecular formula is C22H23FN5O+. The molecule has 2 heterocycles. The molecule has 0 bridgehead atoms. The number of piperazine rings is 1. The highest BCUT2D eigenvalue weighted by Crippen LogP contribution is 2.20. The minimum Gasteiger partial charge on any atom is -0.505 e. The molecule has 0 aliphatic carbocycles. The van der Waals surface area contributed by atoms with Crippen LogP contribution >= 0.6 is 0 Å². The third-order valence-electron chi connectivity index (χ3n) is 5.61. The monoisotopic (exact) mass is 392 g/mol. The van der Waals surface area contributed by atoms with E-state index in [0.717, 1.165) is 42.9 Å². The lowest BCUT2D eigenvalue weighted by Gasteiger charge is -2.36. The van der Waals surface area contributed by atoms with Crippen molar-refractivity contribution in [2.24, 2.45) is 0 Å². The second-order valence-electron chi connectivity index (χ2n) is 7.32. The largest absolute Gasteiger partial charge is 0.505 e. The Morgan fingerprint density at radius 3 is 2.55 bits per heavy atom. The van der Waals surface area contributed by atoms with E-state index in [0.29, 0.717) is 5.82 Å². The van der Waals surface area contributed by atoms with Crippen LogP contribution in [0.1, 0.15) is 12.7 Å². The SMILES string of the molecule is C[C@H](/C(O)=C(\C#N)c1nc2ccccc2[nH]1)[NH+]1CCN(c2ccc(F)cc2)CC1. The summed E-state index contributed by atoms with van der Waals surface area (Å²) < 4.78 is 13.1. The molecule has 2 aromatic carbocycles. The molecule has 1 aliphatic heterocycles. The van der Waals surface area contributed by atoms with Crippen molar-refractivity contribution in [2.45, 2.75) is 13.0 Å². The number of aliphatic hydroxyl groups excluding tert-OH is 1. The highest BCUT2D eigenvalue weighted by atomic mass is 19.1. The van der Waals surface area contributed by atoms with Crippen molar-refractivity contribution in [1.82, 2.24) is 9.97 Å². The molecule has 3 N–H and O–H groups in total. The van der Waals surface area contributed by atoms with Gasteiger partial charge in [0.15, 0.2) is 11.6 Å². The first-order valence-electron chi connectivity index (χ1n) is 9.70. The fourth-order valence-corrected chi connectivity index (χ4v) is 3.85. The van der Waals surface area contributed by atoms with Gasteiger partial charge in [0.05, 0.1) is 37.2 Å². The molecule has 0 spiro atoms. The van der Waals surface area contributed by atoms with Crippen LogP contribution in [0.4, 0.5) is 10.1 Å². The van der Waals surface area contributed by atoms with E-state index in [1.807, 2.05) is 31.2 Å². The van der Waals surface area contributed by atoms with Gasteiger partial charge in [0.25, 0.3) is 0 Å². The Hall–Kier alpha value is -3.37. The molecule has 148 valence electrons. The third kappa shape index (κ3) is 3.80. The van der Waals surface area contributed by atoms with Crippen molar-refractivity contribution in [3.63, 3.8) is 0 Å². The number of anilines is 1. The Morgan fingerprint density at radius 1 is 1.21 bits per heavy atom. The number of aromatic nitrogens is 2. The molecule has 0 saturated carbocycles. The zero-order valence-corrected chi connectivity index (χ0v) is 16.2. The number of nitrogens with one attached hydrogen (secondary N) is 2. The van der Waals surface area contributed by atoms with Gasteiger partial charge in [-0.15, -0.1) is 0 Å². The summed E-state index contributed by atoms with van der Waals surface area (Å²) in [5, 5.41) is 20.5. The number of fused-ring (bicyclic) bond motifs is 1. The number of nitriles is 1. The number of aromatic amines is 1. The Bertz CT molecular complexity index is 1040. The summed E-state index contributed by atoms with van der Waals surface area (Å²) in [6.45, 7) is 5.14. The van der Waals surface area contributed by atoms with E-state index < -0.39 is 0 Å². The van der Waals surface area contributed by atoms with Crippen LogP contribution in [0.15, 0.2) is 54.3 Å². The molecule has 0 amide bonds. The summed E-state index contributed by atoms with van der Waals surface area (Å²) in [6, 6.07) is 15.9. The van der Waals surface area contributed by atoms with Crippen molar-refractivity contribution < 1.29 is 14.4 Å². The molecule has 1 atom stereocenters. The van der Waals surface area contributed by atoms with Crippen LogP contribution in [-0.4, -0.2) is 47.3 Å². The predicted molar refractivity (Wildman–Crippen MR) is 110 cm³/mol. The number of aliphatic hydroxyl groups is 1. The molecule has 1 saturated heterocycles. The third-order valence-corrected chi connectivity index (χ3v) is 5.61. The van der Waals surface area contributed by atoms with Gasteiger partial charge in [-0.05, 0) is 43.3 Å². The lowest BCUT2D eigenvalue weighted by atomic mass is 10.1. The molecule has 1 aliphatic rings. The van der Waals surface area contributed by atoms with E-state index in [4.69, 9.17) is 0 Å². The number of para-hydroxylation sites is 2. The number of allylic oxidation sites excluding steroid dienone is 1. The number of benzene rings is 2. The Balaban J connectivity index is 1.50. The lowest BCUT2D eigenvalue weighted by Crippen LogP contribution is -3.18.